The van der Waals surface area contributed by atoms with Crippen molar-refractivity contribution >= 4 is 5.91 Å². The lowest BCUT2D eigenvalue weighted by atomic mass is 10.1. The Bertz CT molecular complexity index is 765. The molecule has 4 nitrogen and oxygen atoms in total. The minimum Gasteiger partial charge on any atom is -0.497 e. The molecule has 1 aliphatic rings. The Hall–Kier alpha value is -2.87. The molecule has 0 aliphatic carbocycles. The minimum atomic E-state index is -0.764. The van der Waals surface area contributed by atoms with Gasteiger partial charge < -0.3 is 9.64 Å². The highest BCUT2D eigenvalue weighted by Gasteiger charge is 2.38. The van der Waals surface area contributed by atoms with E-state index in [1.807, 2.05) is 12.1 Å². The van der Waals surface area contributed by atoms with Gasteiger partial charge in [0.15, 0.2) is 0 Å². The largest absolute Gasteiger partial charge is 0.497 e. The van der Waals surface area contributed by atoms with Crippen LogP contribution in [0.4, 0.5) is 4.39 Å². The summed E-state index contributed by atoms with van der Waals surface area (Å²) in [7, 11) is 1.57. The van der Waals surface area contributed by atoms with Gasteiger partial charge in [0, 0.05) is 12.1 Å². The van der Waals surface area contributed by atoms with Gasteiger partial charge >= 0.3 is 0 Å². The standard InChI is InChI=1S/C17H13FN2O2/c1-22-12-7-5-11(6-8-12)10-20-15(9-19)13-3-2-4-14(18)16(13)17(20)21/h2-8,15H,10H2,1H3. The number of carbonyl (C=O) groups is 1. The number of fused-ring (bicyclic) bond motifs is 1. The molecule has 0 saturated carbocycles. The summed E-state index contributed by atoms with van der Waals surface area (Å²) in [5, 5.41) is 9.37. The molecule has 22 heavy (non-hydrogen) atoms. The van der Waals surface area contributed by atoms with Crippen molar-refractivity contribution in [2.75, 3.05) is 7.11 Å². The molecule has 3 rings (SSSR count). The van der Waals surface area contributed by atoms with Crippen LogP contribution in [0, 0.1) is 17.1 Å². The van der Waals surface area contributed by atoms with Crippen LogP contribution >= 0.6 is 0 Å². The van der Waals surface area contributed by atoms with Crippen molar-refractivity contribution in [3.05, 3.63) is 65.0 Å². The third kappa shape index (κ3) is 2.19. The van der Waals surface area contributed by atoms with Crippen LogP contribution in [0.2, 0.25) is 0 Å². The quantitative estimate of drug-likeness (QED) is 0.874. The summed E-state index contributed by atoms with van der Waals surface area (Å²) in [5.74, 6) is -0.321. The van der Waals surface area contributed by atoms with Crippen LogP contribution in [-0.2, 0) is 6.54 Å². The van der Waals surface area contributed by atoms with Crippen LogP contribution in [0.5, 0.6) is 5.75 Å². The number of halogens is 1. The summed E-state index contributed by atoms with van der Waals surface area (Å²) >= 11 is 0. The number of amides is 1. The highest BCUT2D eigenvalue weighted by molar-refractivity contribution is 5.99. The van der Waals surface area contributed by atoms with Gasteiger partial charge in [0.1, 0.15) is 17.6 Å². The van der Waals surface area contributed by atoms with Crippen molar-refractivity contribution in [3.8, 4) is 11.8 Å². The molecular formula is C17H13FN2O2. The topological polar surface area (TPSA) is 53.3 Å². The maximum atomic E-state index is 13.9. The number of methoxy groups -OCH3 is 1. The summed E-state index contributed by atoms with van der Waals surface area (Å²) in [6, 6.07) is 12.9. The molecular weight excluding hydrogens is 283 g/mol. The molecule has 5 heteroatoms. The average Bonchev–Trinajstić information content (AvgIpc) is 2.81. The molecule has 0 spiro atoms. The Morgan fingerprint density at radius 2 is 2.00 bits per heavy atom. The predicted molar refractivity (Wildman–Crippen MR) is 77.6 cm³/mol. The van der Waals surface area contributed by atoms with Gasteiger partial charge in [0.2, 0.25) is 0 Å². The van der Waals surface area contributed by atoms with Crippen molar-refractivity contribution < 1.29 is 13.9 Å². The highest BCUT2D eigenvalue weighted by atomic mass is 19.1. The number of hydrogen-bond acceptors (Lipinski definition) is 3. The lowest BCUT2D eigenvalue weighted by molar-refractivity contribution is 0.0741. The molecule has 0 N–H and O–H groups in total. The van der Waals surface area contributed by atoms with E-state index in [2.05, 4.69) is 6.07 Å². The van der Waals surface area contributed by atoms with Crippen molar-refractivity contribution in [1.82, 2.24) is 4.90 Å². The zero-order valence-corrected chi connectivity index (χ0v) is 11.9. The van der Waals surface area contributed by atoms with Crippen LogP contribution in [0.1, 0.15) is 27.5 Å². The molecule has 1 heterocycles. The van der Waals surface area contributed by atoms with Crippen LogP contribution < -0.4 is 4.74 Å². The molecule has 1 amide bonds. The third-order valence-corrected chi connectivity index (χ3v) is 3.76. The van der Waals surface area contributed by atoms with Crippen LogP contribution in [-0.4, -0.2) is 17.9 Å². The second kappa shape index (κ2) is 5.49. The van der Waals surface area contributed by atoms with E-state index in [1.54, 1.807) is 25.3 Å². The van der Waals surface area contributed by atoms with E-state index in [0.717, 1.165) is 5.56 Å². The Morgan fingerprint density at radius 1 is 1.27 bits per heavy atom. The lowest BCUT2D eigenvalue weighted by Gasteiger charge is -2.20. The van der Waals surface area contributed by atoms with Gasteiger partial charge in [-0.3, -0.25) is 4.79 Å². The molecule has 0 radical (unpaired) electrons. The van der Waals surface area contributed by atoms with Gasteiger partial charge in [-0.15, -0.1) is 0 Å². The Kier molecular flexibility index (Phi) is 3.51. The average molecular weight is 296 g/mol. The molecule has 110 valence electrons. The third-order valence-electron chi connectivity index (χ3n) is 3.76. The molecule has 1 aliphatic heterocycles. The first kappa shape index (κ1) is 14.1. The van der Waals surface area contributed by atoms with Crippen molar-refractivity contribution in [2.45, 2.75) is 12.6 Å². The Balaban J connectivity index is 1.93. The second-order valence-electron chi connectivity index (χ2n) is 5.02. The molecule has 1 atom stereocenters. The number of rotatable bonds is 3. The van der Waals surface area contributed by atoms with E-state index < -0.39 is 17.8 Å². The van der Waals surface area contributed by atoms with Gasteiger partial charge in [-0.25, -0.2) is 4.39 Å². The van der Waals surface area contributed by atoms with E-state index in [0.29, 0.717) is 11.3 Å². The maximum Gasteiger partial charge on any atom is 0.258 e. The van der Waals surface area contributed by atoms with Crippen molar-refractivity contribution in [1.29, 1.82) is 5.26 Å². The first-order valence-electron chi connectivity index (χ1n) is 6.77. The second-order valence-corrected chi connectivity index (χ2v) is 5.02. The number of hydrogen-bond donors (Lipinski definition) is 0. The molecule has 0 fully saturated rings. The van der Waals surface area contributed by atoms with Gasteiger partial charge in [-0.05, 0) is 23.8 Å². The SMILES string of the molecule is COc1ccc(CN2C(=O)c3c(F)cccc3C2C#N)cc1. The summed E-state index contributed by atoms with van der Waals surface area (Å²) in [6.07, 6.45) is 0. The van der Waals surface area contributed by atoms with Gasteiger partial charge in [0.25, 0.3) is 5.91 Å². The van der Waals surface area contributed by atoms with Crippen LogP contribution in [0.25, 0.3) is 0 Å². The fraction of sp³-hybridized carbons (Fsp3) is 0.176. The summed E-state index contributed by atoms with van der Waals surface area (Å²) in [5.41, 5.74) is 1.28. The van der Waals surface area contributed by atoms with Crippen LogP contribution in [0.15, 0.2) is 42.5 Å². The van der Waals surface area contributed by atoms with Gasteiger partial charge in [-0.1, -0.05) is 24.3 Å². The van der Waals surface area contributed by atoms with E-state index in [9.17, 15) is 14.4 Å². The highest BCUT2D eigenvalue weighted by Crippen LogP contribution is 2.35. The molecule has 0 aromatic heterocycles. The molecule has 0 saturated heterocycles. The predicted octanol–water partition coefficient (Wildman–Crippen LogP) is 3.05. The number of benzene rings is 2. The number of nitriles is 1. The molecule has 0 bridgehead atoms. The fourth-order valence-electron chi connectivity index (χ4n) is 2.65. The smallest absolute Gasteiger partial charge is 0.258 e. The molecule has 2 aromatic rings. The first-order chi connectivity index (χ1) is 10.7. The van der Waals surface area contributed by atoms with Gasteiger partial charge in [0.05, 0.1) is 18.7 Å². The van der Waals surface area contributed by atoms with Gasteiger partial charge in [-0.2, -0.15) is 5.26 Å². The first-order valence-corrected chi connectivity index (χ1v) is 6.77. The maximum absolute atomic E-state index is 13.9. The van der Waals surface area contributed by atoms with E-state index in [1.165, 1.54) is 17.0 Å². The number of carbonyl (C=O) groups excluding carboxylic acids is 1. The Labute approximate surface area is 127 Å². The van der Waals surface area contributed by atoms with Crippen molar-refractivity contribution in [2.24, 2.45) is 0 Å². The van der Waals surface area contributed by atoms with E-state index in [4.69, 9.17) is 4.74 Å². The lowest BCUT2D eigenvalue weighted by Crippen LogP contribution is -2.27. The van der Waals surface area contributed by atoms with Crippen molar-refractivity contribution in [3.63, 3.8) is 0 Å². The summed E-state index contributed by atoms with van der Waals surface area (Å²) in [6.45, 7) is 0.245. The summed E-state index contributed by atoms with van der Waals surface area (Å²) in [4.78, 5) is 13.8. The zero-order chi connectivity index (χ0) is 15.7. The normalized spacial score (nSPS) is 16.3. The van der Waals surface area contributed by atoms with E-state index in [-0.39, 0.29) is 12.1 Å². The summed E-state index contributed by atoms with van der Waals surface area (Å²) < 4.78 is 19.0. The number of ether oxygens (including phenoxy) is 1. The molecule has 1 unspecified atom stereocenters. The van der Waals surface area contributed by atoms with E-state index >= 15 is 0 Å². The monoisotopic (exact) mass is 296 g/mol. The molecule has 2 aromatic carbocycles. The minimum absolute atomic E-state index is 0.00237. The fourth-order valence-corrected chi connectivity index (χ4v) is 2.65. The van der Waals surface area contributed by atoms with Crippen LogP contribution in [0.3, 0.4) is 0 Å². The zero-order valence-electron chi connectivity index (χ0n) is 11.9. The number of nitrogens with zero attached hydrogens (tertiary/aromatic N) is 2. The Morgan fingerprint density at radius 3 is 2.64 bits per heavy atom.